The fourth-order valence-corrected chi connectivity index (χ4v) is 2.19. The van der Waals surface area contributed by atoms with Gasteiger partial charge in [-0.2, -0.15) is 0 Å². The minimum atomic E-state index is -0.704. The number of nitrogens with one attached hydrogen (secondary N) is 1. The first-order valence-electron chi connectivity index (χ1n) is 7.95. The maximum atomic E-state index is 12.0. The van der Waals surface area contributed by atoms with Crippen LogP contribution in [0.5, 0.6) is 11.5 Å². The van der Waals surface area contributed by atoms with Crippen molar-refractivity contribution in [1.29, 1.82) is 0 Å². The van der Waals surface area contributed by atoms with Gasteiger partial charge in [0.05, 0.1) is 7.11 Å². The zero-order valence-electron chi connectivity index (χ0n) is 14.7. The third-order valence-electron chi connectivity index (χ3n) is 3.74. The van der Waals surface area contributed by atoms with E-state index in [0.29, 0.717) is 11.5 Å². The van der Waals surface area contributed by atoms with Crippen LogP contribution in [0.25, 0.3) is 6.08 Å². The van der Waals surface area contributed by atoms with Gasteiger partial charge in [-0.15, -0.1) is 0 Å². The molecule has 0 aliphatic carbocycles. The van der Waals surface area contributed by atoms with E-state index in [-0.39, 0.29) is 12.5 Å². The van der Waals surface area contributed by atoms with Gasteiger partial charge in [0, 0.05) is 0 Å². The van der Waals surface area contributed by atoms with Crippen molar-refractivity contribution in [3.8, 4) is 11.5 Å². The second-order valence-electron chi connectivity index (χ2n) is 5.53. The van der Waals surface area contributed by atoms with E-state index >= 15 is 0 Å². The van der Waals surface area contributed by atoms with Gasteiger partial charge in [-0.1, -0.05) is 38.5 Å². The lowest BCUT2D eigenvalue weighted by Crippen LogP contribution is -2.49. The normalized spacial score (nSPS) is 13.3. The van der Waals surface area contributed by atoms with Crippen LogP contribution in [0.15, 0.2) is 24.3 Å². The van der Waals surface area contributed by atoms with E-state index in [2.05, 4.69) is 5.32 Å². The Kier molecular flexibility index (Phi) is 7.82. The van der Waals surface area contributed by atoms with E-state index in [1.807, 2.05) is 45.1 Å². The van der Waals surface area contributed by atoms with E-state index in [4.69, 9.17) is 15.2 Å². The summed E-state index contributed by atoms with van der Waals surface area (Å²) in [6, 6.07) is 4.71. The summed E-state index contributed by atoms with van der Waals surface area (Å²) in [5.74, 6) is -0.00221. The van der Waals surface area contributed by atoms with Crippen LogP contribution in [-0.2, 0) is 9.59 Å². The Morgan fingerprint density at radius 2 is 2.04 bits per heavy atom. The van der Waals surface area contributed by atoms with Gasteiger partial charge in [-0.3, -0.25) is 9.59 Å². The van der Waals surface area contributed by atoms with E-state index in [1.54, 1.807) is 6.07 Å². The number of carbonyl (C=O) groups excluding carboxylic acids is 2. The molecule has 0 radical (unpaired) electrons. The Bertz CT molecular complexity index is 599. The minimum Gasteiger partial charge on any atom is -0.493 e. The highest BCUT2D eigenvalue weighted by atomic mass is 16.5. The minimum absolute atomic E-state index is 0.0406. The van der Waals surface area contributed by atoms with E-state index in [1.165, 1.54) is 7.11 Å². The Morgan fingerprint density at radius 3 is 2.58 bits per heavy atom. The molecule has 1 rings (SSSR count). The van der Waals surface area contributed by atoms with Crippen LogP contribution in [0.2, 0.25) is 0 Å². The number of ether oxygens (including phenoxy) is 2. The Balaban J connectivity index is 2.71. The summed E-state index contributed by atoms with van der Waals surface area (Å²) in [6.45, 7) is 5.49. The maximum Gasteiger partial charge on any atom is 0.258 e. The van der Waals surface area contributed by atoms with Crippen molar-refractivity contribution in [2.45, 2.75) is 33.2 Å². The average Bonchev–Trinajstić information content (AvgIpc) is 2.57. The summed E-state index contributed by atoms with van der Waals surface area (Å²) >= 11 is 0. The Hall–Kier alpha value is -2.50. The number of carbonyl (C=O) groups is 2. The molecule has 0 fully saturated rings. The predicted molar refractivity (Wildman–Crippen MR) is 93.8 cm³/mol. The molecule has 3 N–H and O–H groups in total. The van der Waals surface area contributed by atoms with Gasteiger partial charge in [-0.05, 0) is 30.5 Å². The lowest BCUT2D eigenvalue weighted by Gasteiger charge is -2.21. The monoisotopic (exact) mass is 334 g/mol. The summed E-state index contributed by atoms with van der Waals surface area (Å²) in [4.78, 5) is 23.5. The Labute approximate surface area is 143 Å². The summed E-state index contributed by atoms with van der Waals surface area (Å²) in [5, 5.41) is 2.62. The molecule has 2 amide bonds. The number of rotatable bonds is 9. The molecule has 6 heteroatoms. The molecule has 6 nitrogen and oxygen atoms in total. The molecule has 0 aliphatic rings. The first kappa shape index (κ1) is 19.5. The van der Waals surface area contributed by atoms with E-state index < -0.39 is 17.9 Å². The molecule has 1 aromatic rings. The molecule has 132 valence electrons. The van der Waals surface area contributed by atoms with Crippen molar-refractivity contribution in [3.05, 3.63) is 29.8 Å². The van der Waals surface area contributed by atoms with Crippen LogP contribution in [0.3, 0.4) is 0 Å². The summed E-state index contributed by atoms with van der Waals surface area (Å²) in [7, 11) is 1.54. The lowest BCUT2D eigenvalue weighted by atomic mass is 9.99. The molecule has 24 heavy (non-hydrogen) atoms. The number of hydrogen-bond donors (Lipinski definition) is 2. The molecule has 0 heterocycles. The highest BCUT2D eigenvalue weighted by Crippen LogP contribution is 2.28. The van der Waals surface area contributed by atoms with Crippen LogP contribution in [0, 0.1) is 5.92 Å². The number of methoxy groups -OCH3 is 1. The molecule has 2 atom stereocenters. The molecular formula is C18H26N2O4. The van der Waals surface area contributed by atoms with Crippen LogP contribution in [-0.4, -0.2) is 31.6 Å². The zero-order chi connectivity index (χ0) is 18.1. The van der Waals surface area contributed by atoms with Crippen LogP contribution < -0.4 is 20.5 Å². The summed E-state index contributed by atoms with van der Waals surface area (Å²) in [5.41, 5.74) is 6.31. The van der Waals surface area contributed by atoms with Crippen molar-refractivity contribution in [1.82, 2.24) is 5.32 Å². The van der Waals surface area contributed by atoms with Gasteiger partial charge in [0.1, 0.15) is 6.04 Å². The van der Waals surface area contributed by atoms with Crippen molar-refractivity contribution >= 4 is 17.9 Å². The largest absolute Gasteiger partial charge is 0.493 e. The van der Waals surface area contributed by atoms with Crippen LogP contribution in [0.1, 0.15) is 32.8 Å². The number of allylic oxidation sites excluding steroid dienone is 1. The van der Waals surface area contributed by atoms with E-state index in [0.717, 1.165) is 12.0 Å². The standard InChI is InChI=1S/C18H26N2O4/c1-5-7-13-8-9-14(15(10-13)23-4)24-11-16(21)20-17(18(19)22)12(3)6-2/h5,7-10,12,17H,6,11H2,1-4H3,(H2,19,22)(H,20,21)/b7-5+. The van der Waals surface area contributed by atoms with Gasteiger partial charge in [0.2, 0.25) is 5.91 Å². The molecule has 0 spiro atoms. The van der Waals surface area contributed by atoms with Crippen molar-refractivity contribution < 1.29 is 19.1 Å². The number of primary amides is 1. The highest BCUT2D eigenvalue weighted by Gasteiger charge is 2.23. The molecular weight excluding hydrogens is 308 g/mol. The SMILES string of the molecule is C/C=C/c1ccc(OCC(=O)NC(C(N)=O)C(C)CC)c(OC)c1. The number of nitrogens with two attached hydrogens (primary N) is 1. The fraction of sp³-hybridized carbons (Fsp3) is 0.444. The zero-order valence-corrected chi connectivity index (χ0v) is 14.7. The van der Waals surface area contributed by atoms with Gasteiger partial charge in [-0.25, -0.2) is 0 Å². The maximum absolute atomic E-state index is 12.0. The number of benzene rings is 1. The fourth-order valence-electron chi connectivity index (χ4n) is 2.19. The molecule has 1 aromatic carbocycles. The van der Waals surface area contributed by atoms with Crippen molar-refractivity contribution in [3.63, 3.8) is 0 Å². The smallest absolute Gasteiger partial charge is 0.258 e. The third-order valence-corrected chi connectivity index (χ3v) is 3.74. The van der Waals surface area contributed by atoms with Crippen molar-refractivity contribution in [2.75, 3.05) is 13.7 Å². The van der Waals surface area contributed by atoms with Gasteiger partial charge in [0.25, 0.3) is 5.91 Å². The predicted octanol–water partition coefficient (Wildman–Crippen LogP) is 2.12. The van der Waals surface area contributed by atoms with Crippen molar-refractivity contribution in [2.24, 2.45) is 11.7 Å². The summed E-state index contributed by atoms with van der Waals surface area (Å²) < 4.78 is 10.8. The highest BCUT2D eigenvalue weighted by molar-refractivity contribution is 5.87. The second kappa shape index (κ2) is 9.60. The molecule has 0 aliphatic heterocycles. The topological polar surface area (TPSA) is 90.6 Å². The molecule has 0 saturated carbocycles. The molecule has 2 unspecified atom stereocenters. The first-order valence-corrected chi connectivity index (χ1v) is 7.95. The van der Waals surface area contributed by atoms with E-state index in [9.17, 15) is 9.59 Å². The molecule has 0 saturated heterocycles. The van der Waals surface area contributed by atoms with Gasteiger partial charge < -0.3 is 20.5 Å². The van der Waals surface area contributed by atoms with Crippen LogP contribution in [0.4, 0.5) is 0 Å². The average molecular weight is 334 g/mol. The number of amides is 2. The van der Waals surface area contributed by atoms with Gasteiger partial charge in [0.15, 0.2) is 18.1 Å². The Morgan fingerprint density at radius 1 is 1.33 bits per heavy atom. The molecule has 0 aromatic heterocycles. The summed E-state index contributed by atoms with van der Waals surface area (Å²) in [6.07, 6.45) is 4.58. The number of hydrogen-bond acceptors (Lipinski definition) is 4. The third kappa shape index (κ3) is 5.61. The second-order valence-corrected chi connectivity index (χ2v) is 5.53. The molecule has 0 bridgehead atoms. The van der Waals surface area contributed by atoms with Gasteiger partial charge >= 0.3 is 0 Å². The quantitative estimate of drug-likeness (QED) is 0.724. The first-order chi connectivity index (χ1) is 11.4. The van der Waals surface area contributed by atoms with Crippen LogP contribution >= 0.6 is 0 Å². The lowest BCUT2D eigenvalue weighted by molar-refractivity contribution is -0.129.